The second-order valence-corrected chi connectivity index (χ2v) is 3.69. The summed E-state index contributed by atoms with van der Waals surface area (Å²) in [6, 6.07) is 11.8. The van der Waals surface area contributed by atoms with E-state index < -0.39 is 0 Å². The molecule has 16 heavy (non-hydrogen) atoms. The molecule has 0 bridgehead atoms. The molecule has 3 nitrogen and oxygen atoms in total. The second-order valence-electron chi connectivity index (χ2n) is 3.69. The summed E-state index contributed by atoms with van der Waals surface area (Å²) < 4.78 is 0.895. The normalized spacial score (nSPS) is 10.4. The van der Waals surface area contributed by atoms with E-state index in [1.807, 2.05) is 43.3 Å². The monoisotopic (exact) mass is 214 g/mol. The van der Waals surface area contributed by atoms with Crippen LogP contribution in [0.25, 0.3) is 11.3 Å². The van der Waals surface area contributed by atoms with Crippen LogP contribution in [0.3, 0.4) is 0 Å². The predicted octanol–water partition coefficient (Wildman–Crippen LogP) is 2.25. The van der Waals surface area contributed by atoms with Gasteiger partial charge in [0.25, 0.3) is 5.82 Å². The molecule has 0 saturated carbocycles. The quantitative estimate of drug-likeness (QED) is 0.568. The van der Waals surface area contributed by atoms with Gasteiger partial charge in [0.15, 0.2) is 5.69 Å². The highest BCUT2D eigenvalue weighted by Crippen LogP contribution is 2.16. The van der Waals surface area contributed by atoms with E-state index in [4.69, 9.17) is 0 Å². The van der Waals surface area contributed by atoms with Gasteiger partial charge in [0, 0.05) is 25.0 Å². The Labute approximate surface area is 95.0 Å². The molecule has 82 valence electrons. The van der Waals surface area contributed by atoms with E-state index >= 15 is 0 Å². The molecule has 0 radical (unpaired) electrons. The number of benzene rings is 1. The zero-order valence-corrected chi connectivity index (χ0v) is 9.47. The average molecular weight is 214 g/mol. The van der Waals surface area contributed by atoms with Gasteiger partial charge in [-0.25, -0.2) is 4.73 Å². The third-order valence-corrected chi connectivity index (χ3v) is 2.57. The second kappa shape index (κ2) is 4.31. The molecule has 0 aliphatic carbocycles. The molecule has 2 aromatic rings. The van der Waals surface area contributed by atoms with Crippen LogP contribution in [0.2, 0.25) is 0 Å². The van der Waals surface area contributed by atoms with E-state index in [2.05, 4.69) is 4.98 Å². The van der Waals surface area contributed by atoms with Gasteiger partial charge >= 0.3 is 0 Å². The highest BCUT2D eigenvalue weighted by atomic mass is 16.5. The number of hydrogen-bond acceptors (Lipinski definition) is 2. The maximum atomic E-state index is 11.6. The van der Waals surface area contributed by atoms with Crippen molar-refractivity contribution in [3.8, 4) is 11.3 Å². The summed E-state index contributed by atoms with van der Waals surface area (Å²) in [6.45, 7) is 3.70. The number of aryl methyl sites for hydroxylation is 2. The Hall–Kier alpha value is -1.90. The average Bonchev–Trinajstić information content (AvgIpc) is 2.33. The molecule has 3 heteroatoms. The standard InChI is InChI=1S/C13H14N2O/c1-3-12-9-13(14-10(2)15(12)16)11-7-5-4-6-8-11/h4-9H,3H2,1-2H3. The molecule has 1 aromatic carbocycles. The highest BCUT2D eigenvalue weighted by molar-refractivity contribution is 5.58. The molecule has 0 N–H and O–H groups in total. The molecular formula is C13H14N2O. The Kier molecular flexibility index (Phi) is 2.86. The fourth-order valence-electron chi connectivity index (χ4n) is 1.68. The zero-order valence-electron chi connectivity index (χ0n) is 9.47. The van der Waals surface area contributed by atoms with Gasteiger partial charge in [0.2, 0.25) is 0 Å². The van der Waals surface area contributed by atoms with Crippen molar-refractivity contribution in [1.82, 2.24) is 4.98 Å². The Morgan fingerprint density at radius 2 is 1.94 bits per heavy atom. The van der Waals surface area contributed by atoms with Gasteiger partial charge in [-0.05, 0) is 4.98 Å². The molecule has 0 saturated heterocycles. The maximum absolute atomic E-state index is 11.6. The fourth-order valence-corrected chi connectivity index (χ4v) is 1.68. The first kappa shape index (κ1) is 10.6. The minimum absolute atomic E-state index is 0.498. The van der Waals surface area contributed by atoms with Crippen LogP contribution in [0.4, 0.5) is 0 Å². The highest BCUT2D eigenvalue weighted by Gasteiger charge is 2.12. The van der Waals surface area contributed by atoms with Crippen LogP contribution in [-0.4, -0.2) is 4.98 Å². The number of nitrogens with zero attached hydrogens (tertiary/aromatic N) is 2. The van der Waals surface area contributed by atoms with Gasteiger partial charge in [-0.2, -0.15) is 0 Å². The van der Waals surface area contributed by atoms with Crippen molar-refractivity contribution >= 4 is 0 Å². The molecule has 0 unspecified atom stereocenters. The van der Waals surface area contributed by atoms with Crippen molar-refractivity contribution < 1.29 is 4.73 Å². The molecule has 0 atom stereocenters. The molecule has 1 aromatic heterocycles. The van der Waals surface area contributed by atoms with Gasteiger partial charge in [0.1, 0.15) is 5.69 Å². The first-order valence-electron chi connectivity index (χ1n) is 5.38. The minimum atomic E-state index is 0.498. The number of rotatable bonds is 2. The van der Waals surface area contributed by atoms with E-state index in [-0.39, 0.29) is 0 Å². The van der Waals surface area contributed by atoms with Crippen LogP contribution >= 0.6 is 0 Å². The summed E-state index contributed by atoms with van der Waals surface area (Å²) in [5.41, 5.74) is 2.66. The van der Waals surface area contributed by atoms with Gasteiger partial charge < -0.3 is 5.21 Å². The third kappa shape index (κ3) is 1.89. The van der Waals surface area contributed by atoms with E-state index in [1.54, 1.807) is 6.92 Å². The SMILES string of the molecule is CCc1cc(-c2ccccc2)nc(C)[n+]1[O-]. The van der Waals surface area contributed by atoms with Crippen LogP contribution in [0.15, 0.2) is 36.4 Å². The van der Waals surface area contributed by atoms with E-state index in [0.29, 0.717) is 12.2 Å². The molecule has 1 heterocycles. The number of hydrogen-bond donors (Lipinski definition) is 0. The molecule has 0 aliphatic heterocycles. The first-order valence-corrected chi connectivity index (χ1v) is 5.38. The van der Waals surface area contributed by atoms with Crippen LogP contribution < -0.4 is 4.73 Å². The summed E-state index contributed by atoms with van der Waals surface area (Å²) in [4.78, 5) is 4.30. The van der Waals surface area contributed by atoms with E-state index in [1.165, 1.54) is 0 Å². The predicted molar refractivity (Wildman–Crippen MR) is 62.7 cm³/mol. The van der Waals surface area contributed by atoms with Crippen LogP contribution in [0, 0.1) is 12.1 Å². The summed E-state index contributed by atoms with van der Waals surface area (Å²) in [5.74, 6) is 0.498. The van der Waals surface area contributed by atoms with E-state index in [0.717, 1.165) is 21.7 Å². The van der Waals surface area contributed by atoms with Crippen LogP contribution in [0.5, 0.6) is 0 Å². The number of aromatic nitrogens is 2. The largest absolute Gasteiger partial charge is 0.711 e. The maximum Gasteiger partial charge on any atom is 0.299 e. The zero-order chi connectivity index (χ0) is 11.5. The summed E-state index contributed by atoms with van der Waals surface area (Å²) in [5, 5.41) is 11.6. The Morgan fingerprint density at radius 1 is 1.25 bits per heavy atom. The summed E-state index contributed by atoms with van der Waals surface area (Å²) in [6.07, 6.45) is 0.715. The Bertz CT molecular complexity index is 495. The van der Waals surface area contributed by atoms with Crippen molar-refractivity contribution in [1.29, 1.82) is 0 Å². The first-order chi connectivity index (χ1) is 7.72. The lowest BCUT2D eigenvalue weighted by molar-refractivity contribution is -0.624. The Morgan fingerprint density at radius 3 is 2.56 bits per heavy atom. The summed E-state index contributed by atoms with van der Waals surface area (Å²) >= 11 is 0. The van der Waals surface area contributed by atoms with Crippen molar-refractivity contribution in [2.45, 2.75) is 20.3 Å². The van der Waals surface area contributed by atoms with Gasteiger partial charge in [-0.1, -0.05) is 37.3 Å². The lowest BCUT2D eigenvalue weighted by atomic mass is 10.1. The van der Waals surface area contributed by atoms with Gasteiger partial charge in [-0.15, -0.1) is 0 Å². The van der Waals surface area contributed by atoms with Crippen molar-refractivity contribution in [3.05, 3.63) is 53.1 Å². The molecule has 0 amide bonds. The topological polar surface area (TPSA) is 39.8 Å². The Balaban J connectivity index is 2.55. The lowest BCUT2D eigenvalue weighted by Gasteiger charge is -2.09. The minimum Gasteiger partial charge on any atom is -0.711 e. The smallest absolute Gasteiger partial charge is 0.299 e. The fraction of sp³-hybridized carbons (Fsp3) is 0.231. The lowest BCUT2D eigenvalue weighted by Crippen LogP contribution is -2.36. The molecule has 0 aliphatic rings. The molecule has 0 spiro atoms. The van der Waals surface area contributed by atoms with Gasteiger partial charge in [0.05, 0.1) is 0 Å². The van der Waals surface area contributed by atoms with Crippen LogP contribution in [0.1, 0.15) is 18.4 Å². The van der Waals surface area contributed by atoms with Gasteiger partial charge in [-0.3, -0.25) is 0 Å². The third-order valence-electron chi connectivity index (χ3n) is 2.57. The van der Waals surface area contributed by atoms with Crippen molar-refractivity contribution in [3.63, 3.8) is 0 Å². The molecule has 2 rings (SSSR count). The van der Waals surface area contributed by atoms with Crippen molar-refractivity contribution in [2.24, 2.45) is 0 Å². The van der Waals surface area contributed by atoms with Crippen molar-refractivity contribution in [2.75, 3.05) is 0 Å². The molecule has 0 fully saturated rings. The summed E-state index contributed by atoms with van der Waals surface area (Å²) in [7, 11) is 0. The molecular weight excluding hydrogens is 200 g/mol. The van der Waals surface area contributed by atoms with Crippen LogP contribution in [-0.2, 0) is 6.42 Å². The van der Waals surface area contributed by atoms with E-state index in [9.17, 15) is 5.21 Å².